The summed E-state index contributed by atoms with van der Waals surface area (Å²) in [6.45, 7) is 3.57. The molecular weight excluding hydrogens is 234 g/mol. The standard InChI is InChI=1S/C12H17N3O3/c1-2-18-12(16)10-11(8-3-4-8)15(14-13-10)9-5-6-17-7-9/h8-9H,2-7H2,1H3. The van der Waals surface area contributed by atoms with Crippen LogP contribution in [0.15, 0.2) is 0 Å². The Labute approximate surface area is 105 Å². The van der Waals surface area contributed by atoms with Gasteiger partial charge >= 0.3 is 5.97 Å². The molecule has 6 nitrogen and oxygen atoms in total. The predicted molar refractivity (Wildman–Crippen MR) is 62.4 cm³/mol. The van der Waals surface area contributed by atoms with Gasteiger partial charge in [0.2, 0.25) is 0 Å². The van der Waals surface area contributed by atoms with Crippen molar-refractivity contribution in [3.8, 4) is 0 Å². The van der Waals surface area contributed by atoms with Gasteiger partial charge in [-0.25, -0.2) is 9.48 Å². The topological polar surface area (TPSA) is 66.2 Å². The zero-order chi connectivity index (χ0) is 12.5. The van der Waals surface area contributed by atoms with E-state index in [-0.39, 0.29) is 12.0 Å². The van der Waals surface area contributed by atoms with Crippen LogP contribution in [0.2, 0.25) is 0 Å². The van der Waals surface area contributed by atoms with E-state index in [1.807, 2.05) is 4.68 Å². The first-order valence-electron chi connectivity index (χ1n) is 6.51. The average Bonchev–Trinajstić information content (AvgIpc) is 2.92. The minimum Gasteiger partial charge on any atom is -0.461 e. The van der Waals surface area contributed by atoms with E-state index < -0.39 is 0 Å². The lowest BCUT2D eigenvalue weighted by Crippen LogP contribution is -2.15. The van der Waals surface area contributed by atoms with Crippen LogP contribution in [0.1, 0.15) is 54.3 Å². The summed E-state index contributed by atoms with van der Waals surface area (Å²) in [6, 6.07) is 0.219. The van der Waals surface area contributed by atoms with Crippen LogP contribution in [-0.4, -0.2) is 40.8 Å². The van der Waals surface area contributed by atoms with Gasteiger partial charge < -0.3 is 9.47 Å². The van der Waals surface area contributed by atoms with Crippen LogP contribution < -0.4 is 0 Å². The van der Waals surface area contributed by atoms with Gasteiger partial charge in [-0.15, -0.1) is 5.10 Å². The Hall–Kier alpha value is -1.43. The molecule has 2 fully saturated rings. The summed E-state index contributed by atoms with van der Waals surface area (Å²) in [5.41, 5.74) is 1.34. The number of hydrogen-bond acceptors (Lipinski definition) is 5. The first-order valence-corrected chi connectivity index (χ1v) is 6.51. The van der Waals surface area contributed by atoms with E-state index in [9.17, 15) is 4.79 Å². The summed E-state index contributed by atoms with van der Waals surface area (Å²) in [7, 11) is 0. The molecule has 1 atom stereocenters. The van der Waals surface area contributed by atoms with Crippen molar-refractivity contribution in [2.45, 2.75) is 38.1 Å². The fourth-order valence-electron chi connectivity index (χ4n) is 2.37. The number of carbonyl (C=O) groups excluding carboxylic acids is 1. The molecule has 0 amide bonds. The van der Waals surface area contributed by atoms with Gasteiger partial charge in [-0.3, -0.25) is 0 Å². The molecule has 1 saturated carbocycles. The largest absolute Gasteiger partial charge is 0.461 e. The van der Waals surface area contributed by atoms with Gasteiger partial charge in [0.1, 0.15) is 0 Å². The highest BCUT2D eigenvalue weighted by molar-refractivity contribution is 5.88. The third kappa shape index (κ3) is 2.01. The number of rotatable bonds is 4. The van der Waals surface area contributed by atoms with Crippen molar-refractivity contribution >= 4 is 5.97 Å². The summed E-state index contributed by atoms with van der Waals surface area (Å²) >= 11 is 0. The third-order valence-electron chi connectivity index (χ3n) is 3.41. The molecule has 1 aromatic rings. The molecule has 1 aromatic heterocycles. The van der Waals surface area contributed by atoms with E-state index in [4.69, 9.17) is 9.47 Å². The lowest BCUT2D eigenvalue weighted by molar-refractivity contribution is 0.0518. The Kier molecular flexibility index (Phi) is 3.03. The smallest absolute Gasteiger partial charge is 0.360 e. The summed E-state index contributed by atoms with van der Waals surface area (Å²) < 4.78 is 12.3. The Morgan fingerprint density at radius 2 is 2.33 bits per heavy atom. The highest BCUT2D eigenvalue weighted by atomic mass is 16.5. The summed E-state index contributed by atoms with van der Waals surface area (Å²) in [4.78, 5) is 11.9. The maximum absolute atomic E-state index is 11.9. The van der Waals surface area contributed by atoms with Crippen molar-refractivity contribution < 1.29 is 14.3 Å². The number of aromatic nitrogens is 3. The SMILES string of the molecule is CCOC(=O)c1nnn(C2CCOC2)c1C1CC1. The maximum Gasteiger partial charge on any atom is 0.360 e. The van der Waals surface area contributed by atoms with Gasteiger partial charge in [0.25, 0.3) is 0 Å². The second-order valence-corrected chi connectivity index (χ2v) is 4.78. The Morgan fingerprint density at radius 1 is 1.50 bits per heavy atom. The third-order valence-corrected chi connectivity index (χ3v) is 3.41. The molecule has 0 spiro atoms. The molecule has 1 saturated heterocycles. The highest BCUT2D eigenvalue weighted by Gasteiger charge is 2.36. The first-order chi connectivity index (χ1) is 8.81. The second-order valence-electron chi connectivity index (χ2n) is 4.78. The molecule has 18 heavy (non-hydrogen) atoms. The van der Waals surface area contributed by atoms with Crippen LogP contribution >= 0.6 is 0 Å². The lowest BCUT2D eigenvalue weighted by Gasteiger charge is -2.11. The van der Waals surface area contributed by atoms with Gasteiger partial charge in [-0.2, -0.15) is 0 Å². The monoisotopic (exact) mass is 251 g/mol. The molecule has 1 aliphatic carbocycles. The minimum atomic E-state index is -0.357. The van der Waals surface area contributed by atoms with Crippen LogP contribution in [-0.2, 0) is 9.47 Å². The zero-order valence-corrected chi connectivity index (χ0v) is 10.5. The maximum atomic E-state index is 11.9. The fraction of sp³-hybridized carbons (Fsp3) is 0.750. The lowest BCUT2D eigenvalue weighted by atomic mass is 10.2. The van der Waals surface area contributed by atoms with Gasteiger partial charge in [0.05, 0.1) is 24.9 Å². The predicted octanol–water partition coefficient (Wildman–Crippen LogP) is 1.29. The quantitative estimate of drug-likeness (QED) is 0.754. The number of esters is 1. The van der Waals surface area contributed by atoms with Gasteiger partial charge in [0.15, 0.2) is 5.69 Å². The van der Waals surface area contributed by atoms with E-state index in [1.54, 1.807) is 6.92 Å². The number of carbonyl (C=O) groups is 1. The molecule has 2 aliphatic rings. The van der Waals surface area contributed by atoms with Crippen LogP contribution in [0.5, 0.6) is 0 Å². The number of hydrogen-bond donors (Lipinski definition) is 0. The molecule has 98 valence electrons. The molecule has 3 rings (SSSR count). The highest BCUT2D eigenvalue weighted by Crippen LogP contribution is 2.42. The molecule has 0 radical (unpaired) electrons. The zero-order valence-electron chi connectivity index (χ0n) is 10.5. The second kappa shape index (κ2) is 4.68. The van der Waals surface area contributed by atoms with E-state index >= 15 is 0 Å². The van der Waals surface area contributed by atoms with Crippen LogP contribution in [0.25, 0.3) is 0 Å². The van der Waals surface area contributed by atoms with Crippen molar-refractivity contribution in [2.24, 2.45) is 0 Å². The summed E-state index contributed by atoms with van der Waals surface area (Å²) in [5, 5.41) is 8.17. The van der Waals surface area contributed by atoms with E-state index in [0.717, 1.165) is 31.6 Å². The normalized spacial score (nSPS) is 23.3. The molecule has 0 bridgehead atoms. The summed E-state index contributed by atoms with van der Waals surface area (Å²) in [6.07, 6.45) is 3.14. The molecule has 2 heterocycles. The molecule has 0 N–H and O–H groups in total. The minimum absolute atomic E-state index is 0.219. The van der Waals surface area contributed by atoms with E-state index in [1.165, 1.54) is 0 Å². The van der Waals surface area contributed by atoms with Crippen molar-refractivity contribution in [3.05, 3.63) is 11.4 Å². The van der Waals surface area contributed by atoms with Crippen molar-refractivity contribution in [1.29, 1.82) is 0 Å². The Morgan fingerprint density at radius 3 is 2.94 bits per heavy atom. The van der Waals surface area contributed by atoms with Gasteiger partial charge in [0, 0.05) is 12.5 Å². The Bertz CT molecular complexity index is 447. The first kappa shape index (κ1) is 11.6. The van der Waals surface area contributed by atoms with Gasteiger partial charge in [-0.05, 0) is 26.2 Å². The molecule has 0 aromatic carbocycles. The van der Waals surface area contributed by atoms with Crippen molar-refractivity contribution in [3.63, 3.8) is 0 Å². The van der Waals surface area contributed by atoms with Crippen molar-refractivity contribution in [1.82, 2.24) is 15.0 Å². The number of ether oxygens (including phenoxy) is 2. The van der Waals surface area contributed by atoms with Gasteiger partial charge in [-0.1, -0.05) is 5.21 Å². The molecular formula is C12H17N3O3. The Balaban J connectivity index is 1.92. The molecule has 1 unspecified atom stereocenters. The number of nitrogens with zero attached hydrogens (tertiary/aromatic N) is 3. The van der Waals surface area contributed by atoms with Crippen LogP contribution in [0, 0.1) is 0 Å². The summed E-state index contributed by atoms with van der Waals surface area (Å²) in [5.74, 6) is 0.0598. The average molecular weight is 251 g/mol. The van der Waals surface area contributed by atoms with E-state index in [2.05, 4.69) is 10.3 Å². The van der Waals surface area contributed by atoms with Crippen LogP contribution in [0.4, 0.5) is 0 Å². The van der Waals surface area contributed by atoms with Crippen LogP contribution in [0.3, 0.4) is 0 Å². The van der Waals surface area contributed by atoms with E-state index in [0.29, 0.717) is 24.8 Å². The molecule has 6 heteroatoms. The molecule has 1 aliphatic heterocycles. The fourth-order valence-corrected chi connectivity index (χ4v) is 2.37. The van der Waals surface area contributed by atoms with Crippen molar-refractivity contribution in [2.75, 3.05) is 19.8 Å².